The molecule has 2 heterocycles. The number of hydrogen-bond acceptors (Lipinski definition) is 5. The van der Waals surface area contributed by atoms with Crippen molar-refractivity contribution in [3.8, 4) is 0 Å². The fourth-order valence-corrected chi connectivity index (χ4v) is 1.43. The number of amides is 1. The van der Waals surface area contributed by atoms with E-state index in [1.807, 2.05) is 0 Å². The molecule has 1 saturated heterocycles. The normalized spacial score (nSPS) is 16.8. The molecule has 0 aliphatic carbocycles. The molecule has 0 bridgehead atoms. The molecule has 2 rings (SSSR count). The zero-order valence-electron chi connectivity index (χ0n) is 8.85. The molecule has 0 saturated carbocycles. The number of aromatic nitrogens is 1. The third-order valence-corrected chi connectivity index (χ3v) is 2.21. The molecule has 0 unspecified atom stereocenters. The highest BCUT2D eigenvalue weighted by molar-refractivity contribution is 5.84. The molecular formula is C10H14N4O2. The van der Waals surface area contributed by atoms with Crippen LogP contribution in [-0.4, -0.2) is 42.3 Å². The number of hydrogen-bond donors (Lipinski definition) is 2. The van der Waals surface area contributed by atoms with E-state index in [0.29, 0.717) is 18.8 Å². The van der Waals surface area contributed by atoms with Gasteiger partial charge in [-0.3, -0.25) is 10.3 Å². The summed E-state index contributed by atoms with van der Waals surface area (Å²) >= 11 is 0. The molecule has 16 heavy (non-hydrogen) atoms. The third-order valence-electron chi connectivity index (χ3n) is 2.21. The van der Waals surface area contributed by atoms with Crippen LogP contribution >= 0.6 is 0 Å². The van der Waals surface area contributed by atoms with Crippen LogP contribution in [-0.2, 0) is 4.84 Å². The number of carbonyl (C=O) groups is 1. The van der Waals surface area contributed by atoms with Crippen LogP contribution in [0, 0.1) is 0 Å². The number of nitrogens with zero attached hydrogens (tertiary/aromatic N) is 2. The van der Waals surface area contributed by atoms with Gasteiger partial charge in [0.25, 0.3) is 0 Å². The Morgan fingerprint density at radius 3 is 2.75 bits per heavy atom. The summed E-state index contributed by atoms with van der Waals surface area (Å²) < 4.78 is 0. The summed E-state index contributed by atoms with van der Waals surface area (Å²) in [5.74, 6) is 0. The van der Waals surface area contributed by atoms with Gasteiger partial charge in [-0.15, -0.1) is 5.06 Å². The Morgan fingerprint density at radius 1 is 1.38 bits per heavy atom. The van der Waals surface area contributed by atoms with Gasteiger partial charge in [0.2, 0.25) is 0 Å². The minimum absolute atomic E-state index is 0.465. The largest absolute Gasteiger partial charge is 0.430 e. The second-order valence-corrected chi connectivity index (χ2v) is 3.42. The average Bonchev–Trinajstić information content (AvgIpc) is 2.31. The number of rotatable bonds is 2. The molecule has 6 nitrogen and oxygen atoms in total. The molecule has 0 aromatic carbocycles. The lowest BCUT2D eigenvalue weighted by atomic mass is 10.4. The summed E-state index contributed by atoms with van der Waals surface area (Å²) in [6, 6.07) is 3.41. The van der Waals surface area contributed by atoms with E-state index in [2.05, 4.69) is 15.6 Å². The molecule has 1 aliphatic rings. The van der Waals surface area contributed by atoms with Crippen LogP contribution in [0.25, 0.3) is 0 Å². The van der Waals surface area contributed by atoms with E-state index in [4.69, 9.17) is 4.84 Å². The van der Waals surface area contributed by atoms with E-state index in [1.54, 1.807) is 29.6 Å². The molecule has 2 N–H and O–H groups in total. The highest BCUT2D eigenvalue weighted by Gasteiger charge is 2.14. The lowest BCUT2D eigenvalue weighted by Crippen LogP contribution is -2.44. The smallest absolute Gasteiger partial charge is 0.351 e. The molecule has 86 valence electrons. The first-order valence-corrected chi connectivity index (χ1v) is 5.19. The fraction of sp³-hybridized carbons (Fsp3) is 0.400. The number of pyridine rings is 1. The lowest BCUT2D eigenvalue weighted by molar-refractivity contribution is -0.100. The molecular weight excluding hydrogens is 208 g/mol. The Hall–Kier alpha value is -1.66. The molecule has 1 aromatic heterocycles. The monoisotopic (exact) mass is 222 g/mol. The van der Waals surface area contributed by atoms with Gasteiger partial charge in [0.15, 0.2) is 0 Å². The average molecular weight is 222 g/mol. The molecule has 0 atom stereocenters. The van der Waals surface area contributed by atoms with Gasteiger partial charge in [0.1, 0.15) is 0 Å². The van der Waals surface area contributed by atoms with E-state index < -0.39 is 6.09 Å². The zero-order chi connectivity index (χ0) is 11.2. The van der Waals surface area contributed by atoms with Crippen LogP contribution in [0.15, 0.2) is 24.5 Å². The summed E-state index contributed by atoms with van der Waals surface area (Å²) in [6.07, 6.45) is 2.76. The topological polar surface area (TPSA) is 66.5 Å². The quantitative estimate of drug-likeness (QED) is 0.760. The molecule has 1 amide bonds. The van der Waals surface area contributed by atoms with Gasteiger partial charge in [0, 0.05) is 44.3 Å². The van der Waals surface area contributed by atoms with Crippen LogP contribution in [0.2, 0.25) is 0 Å². The van der Waals surface area contributed by atoms with Crippen molar-refractivity contribution in [1.29, 1.82) is 0 Å². The van der Waals surface area contributed by atoms with E-state index in [1.165, 1.54) is 0 Å². The lowest BCUT2D eigenvalue weighted by Gasteiger charge is -2.25. The minimum atomic E-state index is -0.465. The SMILES string of the molecule is O=C(Nc1ccncc1)ON1CCNCC1. The molecule has 0 radical (unpaired) electrons. The Labute approximate surface area is 93.6 Å². The molecule has 1 aliphatic heterocycles. The molecule has 1 fully saturated rings. The Bertz CT molecular complexity index is 338. The van der Waals surface area contributed by atoms with Gasteiger partial charge >= 0.3 is 6.09 Å². The van der Waals surface area contributed by atoms with Crippen LogP contribution in [0.3, 0.4) is 0 Å². The minimum Gasteiger partial charge on any atom is -0.351 e. The van der Waals surface area contributed by atoms with E-state index in [9.17, 15) is 4.79 Å². The van der Waals surface area contributed by atoms with Crippen molar-refractivity contribution < 1.29 is 9.63 Å². The second-order valence-electron chi connectivity index (χ2n) is 3.42. The Balaban J connectivity index is 1.80. The highest BCUT2D eigenvalue weighted by atomic mass is 16.7. The van der Waals surface area contributed by atoms with Crippen LogP contribution < -0.4 is 10.6 Å². The van der Waals surface area contributed by atoms with Gasteiger partial charge in [-0.1, -0.05) is 0 Å². The maximum atomic E-state index is 11.5. The number of hydroxylamine groups is 2. The summed E-state index contributed by atoms with van der Waals surface area (Å²) in [4.78, 5) is 20.4. The molecule has 0 spiro atoms. The zero-order valence-corrected chi connectivity index (χ0v) is 8.85. The van der Waals surface area contributed by atoms with Crippen molar-refractivity contribution in [1.82, 2.24) is 15.4 Å². The van der Waals surface area contributed by atoms with Crippen molar-refractivity contribution in [3.05, 3.63) is 24.5 Å². The number of nitrogens with one attached hydrogen (secondary N) is 2. The van der Waals surface area contributed by atoms with Gasteiger partial charge in [-0.2, -0.15) is 0 Å². The third kappa shape index (κ3) is 3.18. The molecule has 6 heteroatoms. The first kappa shape index (κ1) is 10.8. The first-order valence-electron chi connectivity index (χ1n) is 5.19. The van der Waals surface area contributed by atoms with E-state index >= 15 is 0 Å². The summed E-state index contributed by atoms with van der Waals surface area (Å²) in [5, 5.41) is 7.45. The Kier molecular flexibility index (Phi) is 3.68. The van der Waals surface area contributed by atoms with Gasteiger partial charge in [-0.05, 0) is 12.1 Å². The van der Waals surface area contributed by atoms with Crippen LogP contribution in [0.5, 0.6) is 0 Å². The maximum absolute atomic E-state index is 11.5. The first-order chi connectivity index (χ1) is 7.84. The van der Waals surface area contributed by atoms with Gasteiger partial charge < -0.3 is 10.2 Å². The van der Waals surface area contributed by atoms with Crippen molar-refractivity contribution in [2.24, 2.45) is 0 Å². The predicted octanol–water partition coefficient (Wildman–Crippen LogP) is 0.450. The van der Waals surface area contributed by atoms with E-state index in [-0.39, 0.29) is 0 Å². The van der Waals surface area contributed by atoms with Gasteiger partial charge in [-0.25, -0.2) is 4.79 Å². The highest BCUT2D eigenvalue weighted by Crippen LogP contribution is 2.04. The van der Waals surface area contributed by atoms with Crippen LogP contribution in [0.1, 0.15) is 0 Å². The maximum Gasteiger partial charge on any atom is 0.430 e. The number of anilines is 1. The van der Waals surface area contributed by atoms with E-state index in [0.717, 1.165) is 13.1 Å². The van der Waals surface area contributed by atoms with Crippen molar-refractivity contribution in [2.75, 3.05) is 31.5 Å². The summed E-state index contributed by atoms with van der Waals surface area (Å²) in [5.41, 5.74) is 0.676. The number of piperazine rings is 1. The second kappa shape index (κ2) is 5.43. The summed E-state index contributed by atoms with van der Waals surface area (Å²) in [7, 11) is 0. The number of carbonyl (C=O) groups excluding carboxylic acids is 1. The van der Waals surface area contributed by atoms with Gasteiger partial charge in [0.05, 0.1) is 0 Å². The van der Waals surface area contributed by atoms with Crippen LogP contribution in [0.4, 0.5) is 10.5 Å². The van der Waals surface area contributed by atoms with Crippen molar-refractivity contribution in [2.45, 2.75) is 0 Å². The predicted molar refractivity (Wildman–Crippen MR) is 58.8 cm³/mol. The van der Waals surface area contributed by atoms with Crippen molar-refractivity contribution in [3.63, 3.8) is 0 Å². The van der Waals surface area contributed by atoms with Crippen molar-refractivity contribution >= 4 is 11.8 Å². The standard InChI is InChI=1S/C10H14N4O2/c15-10(13-9-1-3-11-4-2-9)16-14-7-5-12-6-8-14/h1-4,12H,5-8H2,(H,11,13,15). The molecule has 1 aromatic rings. The summed E-state index contributed by atoms with van der Waals surface area (Å²) in [6.45, 7) is 3.10. The fourth-order valence-electron chi connectivity index (χ4n) is 1.43. The Morgan fingerprint density at radius 2 is 2.06 bits per heavy atom.